The number of allylic oxidation sites excluding steroid dienone is 4. The van der Waals surface area contributed by atoms with Gasteiger partial charge in [0.15, 0.2) is 17.5 Å². The summed E-state index contributed by atoms with van der Waals surface area (Å²) in [5.74, 6) is 1.94. The molecule has 0 N–H and O–H groups in total. The molecule has 0 saturated carbocycles. The highest BCUT2D eigenvalue weighted by Gasteiger charge is 2.38. The van der Waals surface area contributed by atoms with Gasteiger partial charge in [0.05, 0.1) is 5.41 Å². The molecule has 0 amide bonds. The Morgan fingerprint density at radius 1 is 0.429 bits per heavy atom. The van der Waals surface area contributed by atoms with Gasteiger partial charge in [0.25, 0.3) is 0 Å². The van der Waals surface area contributed by atoms with Crippen LogP contribution in [0.5, 0.6) is 0 Å². The van der Waals surface area contributed by atoms with Crippen LogP contribution in [0.2, 0.25) is 0 Å². The quantitative estimate of drug-likeness (QED) is 0.147. The lowest BCUT2D eigenvalue weighted by Crippen LogP contribution is -2.30. The van der Waals surface area contributed by atoms with Gasteiger partial charge >= 0.3 is 0 Å². The molecule has 0 radical (unpaired) electrons. The Labute approximate surface area is 326 Å². The minimum absolute atomic E-state index is 0.507. The van der Waals surface area contributed by atoms with Crippen LogP contribution in [-0.4, -0.2) is 15.0 Å². The molecule has 2 heterocycles. The molecule has 0 bridgehead atoms. The summed E-state index contributed by atoms with van der Waals surface area (Å²) < 4.78 is 6.48. The Bertz CT molecular complexity index is 2780. The molecule has 7 aromatic carbocycles. The normalized spacial score (nSPS) is 12.9. The number of furan rings is 1. The molecule has 0 atom stereocenters. The van der Waals surface area contributed by atoms with Gasteiger partial charge in [-0.3, -0.25) is 0 Å². The third-order valence-corrected chi connectivity index (χ3v) is 10.9. The van der Waals surface area contributed by atoms with Gasteiger partial charge in [-0.2, -0.15) is 0 Å². The molecule has 1 aliphatic rings. The van der Waals surface area contributed by atoms with Gasteiger partial charge in [0.2, 0.25) is 0 Å². The first-order valence-corrected chi connectivity index (χ1v) is 19.2. The van der Waals surface area contributed by atoms with Crippen molar-refractivity contribution in [2.75, 3.05) is 0 Å². The maximum Gasteiger partial charge on any atom is 0.164 e. The average Bonchev–Trinajstić information content (AvgIpc) is 3.67. The van der Waals surface area contributed by atoms with E-state index in [1.54, 1.807) is 0 Å². The Kier molecular flexibility index (Phi) is 8.49. The van der Waals surface area contributed by atoms with Crippen LogP contribution in [0.4, 0.5) is 0 Å². The molecule has 10 rings (SSSR count). The van der Waals surface area contributed by atoms with E-state index in [2.05, 4.69) is 158 Å². The zero-order valence-electron chi connectivity index (χ0n) is 30.7. The molecule has 1 aliphatic carbocycles. The maximum absolute atomic E-state index is 6.48. The summed E-state index contributed by atoms with van der Waals surface area (Å²) in [6.45, 7) is 0. The van der Waals surface area contributed by atoms with Gasteiger partial charge in [-0.1, -0.05) is 182 Å². The van der Waals surface area contributed by atoms with Crippen molar-refractivity contribution in [2.24, 2.45) is 0 Å². The van der Waals surface area contributed by atoms with E-state index in [9.17, 15) is 0 Å². The Morgan fingerprint density at radius 2 is 1.00 bits per heavy atom. The lowest BCUT2D eigenvalue weighted by Gasteiger charge is -2.37. The van der Waals surface area contributed by atoms with Crippen molar-refractivity contribution in [3.63, 3.8) is 0 Å². The van der Waals surface area contributed by atoms with Crippen molar-refractivity contribution in [3.8, 4) is 33.9 Å². The average molecular weight is 720 g/mol. The van der Waals surface area contributed by atoms with Gasteiger partial charge in [-0.05, 0) is 64.4 Å². The fourth-order valence-corrected chi connectivity index (χ4v) is 8.29. The van der Waals surface area contributed by atoms with Crippen molar-refractivity contribution in [2.45, 2.75) is 18.3 Å². The van der Waals surface area contributed by atoms with E-state index in [1.807, 2.05) is 42.5 Å². The van der Waals surface area contributed by atoms with Crippen molar-refractivity contribution < 1.29 is 4.42 Å². The summed E-state index contributed by atoms with van der Waals surface area (Å²) in [5.41, 5.74) is 11.1. The molecule has 2 aromatic heterocycles. The smallest absolute Gasteiger partial charge is 0.164 e. The first-order chi connectivity index (χ1) is 27.8. The second-order valence-electron chi connectivity index (χ2n) is 14.2. The van der Waals surface area contributed by atoms with Crippen LogP contribution < -0.4 is 0 Å². The van der Waals surface area contributed by atoms with Gasteiger partial charge in [0, 0.05) is 27.5 Å². The molecule has 0 unspecified atom stereocenters. The Morgan fingerprint density at radius 3 is 1.62 bits per heavy atom. The summed E-state index contributed by atoms with van der Waals surface area (Å²) in [6.07, 6.45) is 8.50. The monoisotopic (exact) mass is 719 g/mol. The summed E-state index contributed by atoms with van der Waals surface area (Å²) in [7, 11) is 0. The molecule has 4 nitrogen and oxygen atoms in total. The summed E-state index contributed by atoms with van der Waals surface area (Å²) >= 11 is 0. The Hall–Kier alpha value is -7.17. The third-order valence-electron chi connectivity index (χ3n) is 10.9. The van der Waals surface area contributed by atoms with E-state index in [0.717, 1.165) is 62.6 Å². The molecule has 0 aliphatic heterocycles. The zero-order chi connectivity index (χ0) is 37.3. The minimum Gasteiger partial charge on any atom is -0.456 e. The van der Waals surface area contributed by atoms with Gasteiger partial charge in [0.1, 0.15) is 11.2 Å². The highest BCUT2D eigenvalue weighted by molar-refractivity contribution is 6.12. The molecule has 0 spiro atoms. The van der Waals surface area contributed by atoms with Crippen LogP contribution in [0, 0.1) is 0 Å². The molecular weight excluding hydrogens is 683 g/mol. The van der Waals surface area contributed by atoms with E-state index in [1.165, 1.54) is 22.3 Å². The van der Waals surface area contributed by atoms with Crippen LogP contribution in [0.25, 0.3) is 61.4 Å². The van der Waals surface area contributed by atoms with Crippen LogP contribution in [0.15, 0.2) is 205 Å². The van der Waals surface area contributed by atoms with Crippen molar-refractivity contribution >= 4 is 27.5 Å². The largest absolute Gasteiger partial charge is 0.456 e. The SMILES string of the molecule is C1=CC(c2nc(-c3ccccc3)nc(-c3cccc4oc5ccc(-c6ccc(C(c7ccccc7)(c7ccccc7)c7ccccc7)cc6)cc5c34)n2)=CCC1. The van der Waals surface area contributed by atoms with Crippen LogP contribution in [0.1, 0.15) is 40.9 Å². The van der Waals surface area contributed by atoms with E-state index in [4.69, 9.17) is 19.4 Å². The van der Waals surface area contributed by atoms with Crippen LogP contribution in [-0.2, 0) is 5.41 Å². The van der Waals surface area contributed by atoms with E-state index < -0.39 is 5.41 Å². The van der Waals surface area contributed by atoms with E-state index >= 15 is 0 Å². The fourth-order valence-electron chi connectivity index (χ4n) is 8.29. The Balaban J connectivity index is 1.11. The lowest BCUT2D eigenvalue weighted by molar-refractivity contribution is 0.669. The number of benzene rings is 7. The van der Waals surface area contributed by atoms with Crippen molar-refractivity contribution in [1.82, 2.24) is 15.0 Å². The van der Waals surface area contributed by atoms with Crippen LogP contribution in [0.3, 0.4) is 0 Å². The van der Waals surface area contributed by atoms with Crippen molar-refractivity contribution in [1.29, 1.82) is 0 Å². The minimum atomic E-state index is -0.507. The summed E-state index contributed by atoms with van der Waals surface area (Å²) in [4.78, 5) is 15.1. The summed E-state index contributed by atoms with van der Waals surface area (Å²) in [5, 5.41) is 2.01. The number of hydrogen-bond donors (Lipinski definition) is 0. The topological polar surface area (TPSA) is 51.8 Å². The first kappa shape index (κ1) is 33.4. The molecule has 0 saturated heterocycles. The van der Waals surface area contributed by atoms with E-state index in [0.29, 0.717) is 17.5 Å². The second kappa shape index (κ2) is 14.2. The standard InChI is InChI=1S/C52H37N3O/c1-6-17-37(18-7-1)49-53-50(38-19-8-2-9-20-38)55-51(54-49)44-27-16-28-47-48(44)45-35-39(31-34-46(45)56-47)36-29-32-43(33-30-36)52(40-21-10-3-11-22-40,41-23-12-4-13-24-41)42-25-14-5-15-26-42/h1,3-8,10-35H,2,9H2. The molecule has 56 heavy (non-hydrogen) atoms. The maximum atomic E-state index is 6.48. The molecule has 0 fully saturated rings. The summed E-state index contributed by atoms with van der Waals surface area (Å²) in [6, 6.07) is 64.3. The van der Waals surface area contributed by atoms with Gasteiger partial charge in [-0.15, -0.1) is 0 Å². The zero-order valence-corrected chi connectivity index (χ0v) is 30.7. The predicted octanol–water partition coefficient (Wildman–Crippen LogP) is 12.9. The van der Waals surface area contributed by atoms with E-state index in [-0.39, 0.29) is 0 Å². The number of hydrogen-bond acceptors (Lipinski definition) is 4. The molecular formula is C52H37N3O. The van der Waals surface area contributed by atoms with Crippen LogP contribution >= 0.6 is 0 Å². The van der Waals surface area contributed by atoms with Gasteiger partial charge in [-0.25, -0.2) is 15.0 Å². The third kappa shape index (κ3) is 5.84. The second-order valence-corrected chi connectivity index (χ2v) is 14.2. The fraction of sp³-hybridized carbons (Fsp3) is 0.0577. The highest BCUT2D eigenvalue weighted by Crippen LogP contribution is 2.46. The molecule has 4 heteroatoms. The first-order valence-electron chi connectivity index (χ1n) is 19.2. The van der Waals surface area contributed by atoms with Crippen molar-refractivity contribution in [3.05, 3.63) is 228 Å². The lowest BCUT2D eigenvalue weighted by atomic mass is 9.65. The predicted molar refractivity (Wildman–Crippen MR) is 228 cm³/mol. The van der Waals surface area contributed by atoms with Gasteiger partial charge < -0.3 is 4.42 Å². The molecule has 266 valence electrons. The number of aromatic nitrogens is 3. The molecule has 9 aromatic rings. The number of fused-ring (bicyclic) bond motifs is 3. The number of nitrogens with zero attached hydrogens (tertiary/aromatic N) is 3. The number of rotatable bonds is 8. The highest BCUT2D eigenvalue weighted by atomic mass is 16.3.